The van der Waals surface area contributed by atoms with Crippen LogP contribution in [-0.2, 0) is 0 Å². The molecule has 1 amide bonds. The van der Waals surface area contributed by atoms with E-state index < -0.39 is 0 Å². The van der Waals surface area contributed by atoms with Crippen LogP contribution in [0.3, 0.4) is 0 Å². The topological polar surface area (TPSA) is 55.1 Å². The van der Waals surface area contributed by atoms with Crippen LogP contribution in [0.1, 0.15) is 9.67 Å². The molecule has 1 aromatic heterocycles. The van der Waals surface area contributed by atoms with E-state index >= 15 is 0 Å². The van der Waals surface area contributed by atoms with Gasteiger partial charge in [-0.25, -0.2) is 0 Å². The molecule has 0 atom stereocenters. The summed E-state index contributed by atoms with van der Waals surface area (Å²) in [5.41, 5.74) is 7.01. The highest BCUT2D eigenvalue weighted by molar-refractivity contribution is 9.11. The molecule has 0 unspecified atom stereocenters. The van der Waals surface area contributed by atoms with Crippen molar-refractivity contribution >= 4 is 60.5 Å². The van der Waals surface area contributed by atoms with E-state index in [1.54, 1.807) is 18.2 Å². The molecule has 88 valence electrons. The van der Waals surface area contributed by atoms with Crippen molar-refractivity contribution in [2.75, 3.05) is 11.1 Å². The summed E-state index contributed by atoms with van der Waals surface area (Å²) in [6.45, 7) is 0. The van der Waals surface area contributed by atoms with E-state index in [0.29, 0.717) is 16.3 Å². The van der Waals surface area contributed by atoms with Crippen LogP contribution >= 0.6 is 43.2 Å². The van der Waals surface area contributed by atoms with Crippen LogP contribution in [0.5, 0.6) is 0 Å². The average Bonchev–Trinajstić information content (AvgIpc) is 2.70. The molecule has 0 bridgehead atoms. The molecule has 0 fully saturated rings. The Kier molecular flexibility index (Phi) is 3.86. The van der Waals surface area contributed by atoms with E-state index in [2.05, 4.69) is 37.2 Å². The van der Waals surface area contributed by atoms with Gasteiger partial charge in [0.1, 0.15) is 4.88 Å². The Morgan fingerprint density at radius 1 is 1.24 bits per heavy atom. The van der Waals surface area contributed by atoms with Gasteiger partial charge in [-0.15, -0.1) is 11.3 Å². The zero-order valence-electron chi connectivity index (χ0n) is 8.54. The molecule has 0 aliphatic rings. The highest BCUT2D eigenvalue weighted by Crippen LogP contribution is 2.26. The molecule has 1 heterocycles. The number of rotatable bonds is 2. The molecule has 17 heavy (non-hydrogen) atoms. The summed E-state index contributed by atoms with van der Waals surface area (Å²) in [4.78, 5) is 12.6. The third-order valence-corrected chi connectivity index (χ3v) is 4.64. The van der Waals surface area contributed by atoms with E-state index in [9.17, 15) is 4.79 Å². The van der Waals surface area contributed by atoms with Crippen LogP contribution in [0, 0.1) is 0 Å². The molecule has 0 aliphatic carbocycles. The average molecular weight is 376 g/mol. The maximum absolute atomic E-state index is 11.9. The van der Waals surface area contributed by atoms with Gasteiger partial charge in [-0.05, 0) is 61.5 Å². The van der Waals surface area contributed by atoms with Crippen LogP contribution in [0.25, 0.3) is 0 Å². The van der Waals surface area contributed by atoms with Gasteiger partial charge in [0.15, 0.2) is 0 Å². The molecule has 6 heteroatoms. The Morgan fingerprint density at radius 2 is 2.00 bits per heavy atom. The lowest BCUT2D eigenvalue weighted by Crippen LogP contribution is -2.10. The highest BCUT2D eigenvalue weighted by Gasteiger charge is 2.11. The van der Waals surface area contributed by atoms with Crippen molar-refractivity contribution in [3.05, 3.63) is 43.5 Å². The number of hydrogen-bond acceptors (Lipinski definition) is 3. The van der Waals surface area contributed by atoms with Gasteiger partial charge < -0.3 is 11.1 Å². The Labute approximate surface area is 119 Å². The van der Waals surface area contributed by atoms with E-state index in [1.165, 1.54) is 11.3 Å². The van der Waals surface area contributed by atoms with Crippen molar-refractivity contribution in [1.82, 2.24) is 0 Å². The number of anilines is 2. The van der Waals surface area contributed by atoms with Crippen molar-refractivity contribution < 1.29 is 4.79 Å². The number of hydrogen-bond donors (Lipinski definition) is 2. The minimum atomic E-state index is -0.145. The van der Waals surface area contributed by atoms with Crippen LogP contribution in [0.15, 0.2) is 38.6 Å². The largest absolute Gasteiger partial charge is 0.398 e. The first kappa shape index (κ1) is 12.6. The van der Waals surface area contributed by atoms with Crippen molar-refractivity contribution in [3.63, 3.8) is 0 Å². The minimum Gasteiger partial charge on any atom is -0.398 e. The normalized spacial score (nSPS) is 10.2. The number of carbonyl (C=O) groups excluding carboxylic acids is 1. The minimum absolute atomic E-state index is 0.145. The van der Waals surface area contributed by atoms with Gasteiger partial charge in [-0.3, -0.25) is 4.79 Å². The van der Waals surface area contributed by atoms with Gasteiger partial charge in [-0.2, -0.15) is 0 Å². The van der Waals surface area contributed by atoms with E-state index in [-0.39, 0.29) is 5.91 Å². The number of halogens is 2. The van der Waals surface area contributed by atoms with Gasteiger partial charge in [-0.1, -0.05) is 0 Å². The number of nitrogen functional groups attached to an aromatic ring is 1. The number of benzene rings is 1. The highest BCUT2D eigenvalue weighted by atomic mass is 79.9. The van der Waals surface area contributed by atoms with E-state index in [4.69, 9.17) is 5.73 Å². The second-order valence-electron chi connectivity index (χ2n) is 3.29. The number of nitrogens with one attached hydrogen (secondary N) is 1. The van der Waals surface area contributed by atoms with Crippen LogP contribution in [0.2, 0.25) is 0 Å². The van der Waals surface area contributed by atoms with Crippen molar-refractivity contribution in [2.45, 2.75) is 0 Å². The summed E-state index contributed by atoms with van der Waals surface area (Å²) in [7, 11) is 0. The Bertz CT molecular complexity index is 568. The predicted molar refractivity (Wildman–Crippen MR) is 78.5 cm³/mol. The van der Waals surface area contributed by atoms with Crippen LogP contribution in [0.4, 0.5) is 11.4 Å². The summed E-state index contributed by atoms with van der Waals surface area (Å²) < 4.78 is 1.61. The summed E-state index contributed by atoms with van der Waals surface area (Å²) in [6.07, 6.45) is 0. The van der Waals surface area contributed by atoms with Gasteiger partial charge in [0.2, 0.25) is 0 Å². The standard InChI is InChI=1S/C11H8Br2N2OS/c12-7-2-1-6(5-9(7)14)15-11(16)10-8(13)3-4-17-10/h1-5H,14H2,(H,15,16). The Balaban J connectivity index is 2.19. The fourth-order valence-electron chi connectivity index (χ4n) is 1.27. The fourth-order valence-corrected chi connectivity index (χ4v) is 2.96. The molecule has 1 aromatic carbocycles. The van der Waals surface area contributed by atoms with Gasteiger partial charge >= 0.3 is 0 Å². The third-order valence-electron chi connectivity index (χ3n) is 2.08. The molecule has 0 saturated heterocycles. The Hall–Kier alpha value is -0.850. The molecule has 0 radical (unpaired) electrons. The summed E-state index contributed by atoms with van der Waals surface area (Å²) in [5.74, 6) is -0.145. The van der Waals surface area contributed by atoms with Crippen LogP contribution < -0.4 is 11.1 Å². The zero-order chi connectivity index (χ0) is 12.4. The first-order valence-electron chi connectivity index (χ1n) is 4.67. The SMILES string of the molecule is Nc1cc(NC(=O)c2sccc2Br)ccc1Br. The van der Waals surface area contributed by atoms with Crippen molar-refractivity contribution in [2.24, 2.45) is 0 Å². The molecule has 3 N–H and O–H groups in total. The van der Waals surface area contributed by atoms with Gasteiger partial charge in [0.25, 0.3) is 5.91 Å². The lowest BCUT2D eigenvalue weighted by Gasteiger charge is -2.06. The lowest BCUT2D eigenvalue weighted by atomic mass is 10.3. The van der Waals surface area contributed by atoms with Crippen molar-refractivity contribution in [1.29, 1.82) is 0 Å². The molecular weight excluding hydrogens is 368 g/mol. The number of carbonyl (C=O) groups is 1. The summed E-state index contributed by atoms with van der Waals surface area (Å²) >= 11 is 8.01. The molecule has 3 nitrogen and oxygen atoms in total. The first-order chi connectivity index (χ1) is 8.08. The summed E-state index contributed by atoms with van der Waals surface area (Å²) in [5, 5.41) is 4.65. The van der Waals surface area contributed by atoms with E-state index in [1.807, 2.05) is 11.4 Å². The quantitative estimate of drug-likeness (QED) is 0.776. The van der Waals surface area contributed by atoms with Crippen LogP contribution in [-0.4, -0.2) is 5.91 Å². The maximum Gasteiger partial charge on any atom is 0.266 e. The van der Waals surface area contributed by atoms with Crippen molar-refractivity contribution in [3.8, 4) is 0 Å². The molecule has 0 aliphatic heterocycles. The third kappa shape index (κ3) is 2.88. The molecule has 2 rings (SSSR count). The Morgan fingerprint density at radius 3 is 2.59 bits per heavy atom. The first-order valence-corrected chi connectivity index (χ1v) is 7.14. The zero-order valence-corrected chi connectivity index (χ0v) is 12.5. The summed E-state index contributed by atoms with van der Waals surface area (Å²) in [6, 6.07) is 7.15. The number of nitrogens with two attached hydrogens (primary N) is 1. The molecule has 0 spiro atoms. The second kappa shape index (κ2) is 5.20. The van der Waals surface area contributed by atoms with Gasteiger partial charge in [0.05, 0.1) is 0 Å². The number of amides is 1. The monoisotopic (exact) mass is 374 g/mol. The lowest BCUT2D eigenvalue weighted by molar-refractivity contribution is 0.103. The number of thiophene rings is 1. The predicted octanol–water partition coefficient (Wildman–Crippen LogP) is 4.11. The van der Waals surface area contributed by atoms with E-state index in [0.717, 1.165) is 8.95 Å². The maximum atomic E-state index is 11.9. The molecule has 0 saturated carbocycles. The molecular formula is C11H8Br2N2OS. The molecule has 2 aromatic rings. The fraction of sp³-hybridized carbons (Fsp3) is 0. The van der Waals surface area contributed by atoms with Gasteiger partial charge in [0, 0.05) is 20.3 Å². The smallest absolute Gasteiger partial charge is 0.266 e. The second-order valence-corrected chi connectivity index (χ2v) is 5.91.